The number of nitrogens with zero attached hydrogens (tertiary/aromatic N) is 1. The maximum absolute atomic E-state index is 12.3. The van der Waals surface area contributed by atoms with Crippen LogP contribution < -0.4 is 10.1 Å². The highest BCUT2D eigenvalue weighted by atomic mass is 32.1. The Hall–Kier alpha value is -2.29. The zero-order valence-corrected chi connectivity index (χ0v) is 11.4. The predicted molar refractivity (Wildman–Crippen MR) is 70.7 cm³/mol. The molecule has 0 bridgehead atoms. The van der Waals surface area contributed by atoms with Crippen molar-refractivity contribution in [3.63, 3.8) is 0 Å². The first-order chi connectivity index (χ1) is 9.80. The number of methoxy groups -OCH3 is 1. The van der Waals surface area contributed by atoms with Gasteiger partial charge in [-0.1, -0.05) is 0 Å². The average Bonchev–Trinajstić information content (AvgIpc) is 2.80. The number of aromatic carboxylic acids is 1. The molecule has 112 valence electrons. The highest BCUT2D eigenvalue weighted by Gasteiger charge is 2.31. The summed E-state index contributed by atoms with van der Waals surface area (Å²) in [6, 6.07) is 6.38. The van der Waals surface area contributed by atoms with Crippen LogP contribution in [0.2, 0.25) is 0 Å². The Balaban J connectivity index is 2.40. The van der Waals surface area contributed by atoms with E-state index in [-0.39, 0.29) is 5.01 Å². The molecular weight excluding hydrogens is 309 g/mol. The van der Waals surface area contributed by atoms with E-state index in [2.05, 4.69) is 4.98 Å². The Kier molecular flexibility index (Phi) is 4.03. The fraction of sp³-hybridized carbons (Fsp3) is 0.167. The molecule has 9 heteroatoms. The van der Waals surface area contributed by atoms with Crippen molar-refractivity contribution in [2.45, 2.75) is 6.30 Å². The van der Waals surface area contributed by atoms with E-state index in [1.54, 1.807) is 24.3 Å². The third-order valence-electron chi connectivity index (χ3n) is 2.42. The molecule has 0 unspecified atom stereocenters. The molecule has 0 saturated heterocycles. The fourth-order valence-corrected chi connectivity index (χ4v) is 2.41. The molecule has 0 aliphatic rings. The Labute approximate surface area is 121 Å². The van der Waals surface area contributed by atoms with Gasteiger partial charge in [-0.05, 0) is 24.3 Å². The van der Waals surface area contributed by atoms with Gasteiger partial charge in [-0.15, -0.1) is 11.3 Å². The molecule has 21 heavy (non-hydrogen) atoms. The average molecular weight is 318 g/mol. The number of halogens is 3. The van der Waals surface area contributed by atoms with Gasteiger partial charge in [-0.3, -0.25) is 5.32 Å². The van der Waals surface area contributed by atoms with Crippen LogP contribution in [0.15, 0.2) is 24.3 Å². The highest BCUT2D eigenvalue weighted by Crippen LogP contribution is 2.33. The lowest BCUT2D eigenvalue weighted by Gasteiger charge is -2.07. The first-order valence-corrected chi connectivity index (χ1v) is 6.35. The molecule has 2 aromatic rings. The second-order valence-corrected chi connectivity index (χ2v) is 4.85. The summed E-state index contributed by atoms with van der Waals surface area (Å²) in [5.74, 6) is -1.62. The van der Waals surface area contributed by atoms with E-state index in [1.807, 2.05) is 0 Å². The lowest BCUT2D eigenvalue weighted by atomic mass is 10.2. The summed E-state index contributed by atoms with van der Waals surface area (Å²) in [4.78, 5) is 14.2. The molecule has 1 aromatic carbocycles. The number of ether oxygens (including phenoxy) is 1. The van der Waals surface area contributed by atoms with Crippen LogP contribution in [0.25, 0.3) is 10.6 Å². The zero-order valence-electron chi connectivity index (χ0n) is 10.6. The van der Waals surface area contributed by atoms with Crippen LogP contribution in [-0.2, 0) is 0 Å². The molecule has 0 amide bonds. The number of aromatic nitrogens is 1. The maximum Gasteiger partial charge on any atom is 0.483 e. The molecule has 0 fully saturated rings. The summed E-state index contributed by atoms with van der Waals surface area (Å²) in [7, 11) is 1.48. The first kappa shape index (κ1) is 15.1. The van der Waals surface area contributed by atoms with Crippen molar-refractivity contribution in [2.75, 3.05) is 12.4 Å². The minimum atomic E-state index is -4.75. The molecule has 2 rings (SSSR count). The van der Waals surface area contributed by atoms with Crippen molar-refractivity contribution in [2.24, 2.45) is 0 Å². The third kappa shape index (κ3) is 3.63. The molecule has 5 nitrogen and oxygen atoms in total. The van der Waals surface area contributed by atoms with Crippen molar-refractivity contribution >= 4 is 23.1 Å². The molecule has 0 atom stereocenters. The quantitative estimate of drug-likeness (QED) is 0.845. The van der Waals surface area contributed by atoms with E-state index in [0.29, 0.717) is 22.6 Å². The van der Waals surface area contributed by atoms with Gasteiger partial charge < -0.3 is 9.84 Å². The molecule has 0 saturated carbocycles. The molecule has 0 spiro atoms. The van der Waals surface area contributed by atoms with Gasteiger partial charge in [0.1, 0.15) is 10.8 Å². The molecule has 0 aliphatic carbocycles. The Morgan fingerprint density at radius 2 is 1.95 bits per heavy atom. The van der Waals surface area contributed by atoms with E-state index in [0.717, 1.165) is 5.32 Å². The summed E-state index contributed by atoms with van der Waals surface area (Å²) in [5.41, 5.74) is 0.499. The monoisotopic (exact) mass is 318 g/mol. The normalized spacial score (nSPS) is 11.2. The number of alkyl halides is 3. The van der Waals surface area contributed by atoms with E-state index in [1.165, 1.54) is 7.11 Å². The third-order valence-corrected chi connectivity index (χ3v) is 3.51. The van der Waals surface area contributed by atoms with E-state index >= 15 is 0 Å². The van der Waals surface area contributed by atoms with Gasteiger partial charge in [0.2, 0.25) is 0 Å². The minimum Gasteiger partial charge on any atom is -0.497 e. The van der Waals surface area contributed by atoms with Crippen molar-refractivity contribution in [1.82, 2.24) is 4.98 Å². The molecule has 1 heterocycles. The lowest BCUT2D eigenvalue weighted by Crippen LogP contribution is -2.22. The second-order valence-electron chi connectivity index (χ2n) is 3.85. The van der Waals surface area contributed by atoms with E-state index in [4.69, 9.17) is 9.84 Å². The van der Waals surface area contributed by atoms with Gasteiger partial charge in [-0.2, -0.15) is 13.2 Å². The van der Waals surface area contributed by atoms with Gasteiger partial charge in [0, 0.05) is 5.56 Å². The van der Waals surface area contributed by atoms with Crippen LogP contribution in [0, 0.1) is 0 Å². The summed E-state index contributed by atoms with van der Waals surface area (Å²) in [5, 5.41) is 10.3. The molecule has 0 radical (unpaired) electrons. The molecule has 2 N–H and O–H groups in total. The van der Waals surface area contributed by atoms with Gasteiger partial charge in [0.15, 0.2) is 10.7 Å². The van der Waals surface area contributed by atoms with Gasteiger partial charge in [-0.25, -0.2) is 9.78 Å². The Morgan fingerprint density at radius 1 is 1.33 bits per heavy atom. The number of carbonyl (C=O) groups is 1. The largest absolute Gasteiger partial charge is 0.497 e. The number of thiazole rings is 1. The number of hydrogen-bond donors (Lipinski definition) is 2. The van der Waals surface area contributed by atoms with Crippen LogP contribution >= 0.6 is 11.3 Å². The number of benzene rings is 1. The molecular formula is C12H9F3N2O3S. The highest BCUT2D eigenvalue weighted by molar-refractivity contribution is 7.17. The van der Waals surface area contributed by atoms with Crippen molar-refractivity contribution in [3.8, 4) is 16.3 Å². The SMILES string of the molecule is COc1ccc(-c2nc(NC(F)(F)F)c(C(=O)O)s2)cc1. The number of anilines is 1. The topological polar surface area (TPSA) is 71.5 Å². The van der Waals surface area contributed by atoms with Crippen LogP contribution in [-0.4, -0.2) is 29.5 Å². The number of carboxylic acids is 1. The van der Waals surface area contributed by atoms with Crippen LogP contribution in [0.4, 0.5) is 19.0 Å². The fourth-order valence-electron chi connectivity index (χ4n) is 1.54. The molecule has 0 aliphatic heterocycles. The van der Waals surface area contributed by atoms with Gasteiger partial charge in [0.25, 0.3) is 0 Å². The number of carboxylic acid groups (broad SMARTS) is 1. The van der Waals surface area contributed by atoms with Crippen molar-refractivity contribution in [1.29, 1.82) is 0 Å². The smallest absolute Gasteiger partial charge is 0.483 e. The second kappa shape index (κ2) is 5.60. The predicted octanol–water partition coefficient (Wildman–Crippen LogP) is 3.45. The summed E-state index contributed by atoms with van der Waals surface area (Å²) >= 11 is 0.661. The molecule has 1 aromatic heterocycles. The van der Waals surface area contributed by atoms with Gasteiger partial charge in [0.05, 0.1) is 7.11 Å². The van der Waals surface area contributed by atoms with Crippen LogP contribution in [0.1, 0.15) is 9.67 Å². The van der Waals surface area contributed by atoms with Crippen molar-refractivity contribution < 1.29 is 27.8 Å². The van der Waals surface area contributed by atoms with E-state index in [9.17, 15) is 18.0 Å². The number of hydrogen-bond acceptors (Lipinski definition) is 5. The number of rotatable bonds is 4. The lowest BCUT2D eigenvalue weighted by molar-refractivity contribution is -0.100. The minimum absolute atomic E-state index is 0.168. The summed E-state index contributed by atoms with van der Waals surface area (Å²) in [6.45, 7) is 0. The van der Waals surface area contributed by atoms with Crippen molar-refractivity contribution in [3.05, 3.63) is 29.1 Å². The van der Waals surface area contributed by atoms with Crippen LogP contribution in [0.5, 0.6) is 5.75 Å². The standard InChI is InChI=1S/C12H9F3N2O3S/c1-20-7-4-2-6(3-5-7)10-16-9(17-12(13,14)15)8(21-10)11(18)19/h2-5,17H,1H3,(H,18,19). The van der Waals surface area contributed by atoms with Crippen LogP contribution in [0.3, 0.4) is 0 Å². The number of nitrogens with one attached hydrogen (secondary N) is 1. The Morgan fingerprint density at radius 3 is 2.43 bits per heavy atom. The van der Waals surface area contributed by atoms with E-state index < -0.39 is 23.0 Å². The van der Waals surface area contributed by atoms with Gasteiger partial charge >= 0.3 is 12.3 Å². The summed E-state index contributed by atoms with van der Waals surface area (Å²) < 4.78 is 42.0. The Bertz CT molecular complexity index is 653. The zero-order chi connectivity index (χ0) is 15.6. The maximum atomic E-state index is 12.3. The first-order valence-electron chi connectivity index (χ1n) is 5.53. The summed E-state index contributed by atoms with van der Waals surface area (Å²) in [6.07, 6.45) is -4.75.